The predicted molar refractivity (Wildman–Crippen MR) is 70.6 cm³/mol. The SMILES string of the molecule is CCOC1CC(NCc2nc(C)no2)C12CCCC2. The van der Waals surface area contributed by atoms with Gasteiger partial charge in [0.1, 0.15) is 0 Å². The minimum atomic E-state index is 0.366. The summed E-state index contributed by atoms with van der Waals surface area (Å²) in [7, 11) is 0. The average molecular weight is 265 g/mol. The molecule has 1 aromatic rings. The van der Waals surface area contributed by atoms with Crippen LogP contribution >= 0.6 is 0 Å². The highest BCUT2D eigenvalue weighted by Gasteiger charge is 2.56. The zero-order valence-electron chi connectivity index (χ0n) is 11.8. The summed E-state index contributed by atoms with van der Waals surface area (Å²) in [5, 5.41) is 7.41. The molecule has 2 atom stereocenters. The van der Waals surface area contributed by atoms with Crippen molar-refractivity contribution >= 4 is 0 Å². The summed E-state index contributed by atoms with van der Waals surface area (Å²) >= 11 is 0. The number of aryl methyl sites for hydroxylation is 1. The first-order valence-electron chi connectivity index (χ1n) is 7.39. The fourth-order valence-corrected chi connectivity index (χ4v) is 3.80. The summed E-state index contributed by atoms with van der Waals surface area (Å²) in [6.07, 6.45) is 6.81. The van der Waals surface area contributed by atoms with E-state index in [1.807, 2.05) is 6.92 Å². The third-order valence-corrected chi connectivity index (χ3v) is 4.76. The van der Waals surface area contributed by atoms with Gasteiger partial charge in [-0.2, -0.15) is 4.98 Å². The smallest absolute Gasteiger partial charge is 0.240 e. The van der Waals surface area contributed by atoms with Crippen molar-refractivity contribution in [2.45, 2.75) is 64.6 Å². The van der Waals surface area contributed by atoms with E-state index in [1.54, 1.807) is 0 Å². The lowest BCUT2D eigenvalue weighted by molar-refractivity contribution is -0.131. The molecule has 0 bridgehead atoms. The van der Waals surface area contributed by atoms with Gasteiger partial charge in [0, 0.05) is 18.1 Å². The van der Waals surface area contributed by atoms with E-state index in [1.165, 1.54) is 25.7 Å². The van der Waals surface area contributed by atoms with Gasteiger partial charge in [0.05, 0.1) is 12.6 Å². The maximum atomic E-state index is 5.91. The molecule has 2 saturated carbocycles. The molecule has 106 valence electrons. The molecule has 0 saturated heterocycles. The third kappa shape index (κ3) is 2.30. The van der Waals surface area contributed by atoms with Crippen molar-refractivity contribution in [3.63, 3.8) is 0 Å². The largest absolute Gasteiger partial charge is 0.378 e. The molecule has 5 heteroatoms. The minimum absolute atomic E-state index is 0.366. The first-order valence-corrected chi connectivity index (χ1v) is 7.39. The molecular weight excluding hydrogens is 242 g/mol. The summed E-state index contributed by atoms with van der Waals surface area (Å²) in [5.41, 5.74) is 0.366. The first kappa shape index (κ1) is 13.1. The highest BCUT2D eigenvalue weighted by Crippen LogP contribution is 2.54. The predicted octanol–water partition coefficient (Wildman–Crippen LogP) is 2.21. The molecule has 5 nitrogen and oxygen atoms in total. The molecule has 3 rings (SSSR count). The lowest BCUT2D eigenvalue weighted by atomic mass is 9.60. The van der Waals surface area contributed by atoms with Crippen molar-refractivity contribution in [3.05, 3.63) is 11.7 Å². The van der Waals surface area contributed by atoms with Crippen LogP contribution < -0.4 is 5.32 Å². The molecule has 0 aromatic carbocycles. The second-order valence-corrected chi connectivity index (χ2v) is 5.79. The number of hydrogen-bond acceptors (Lipinski definition) is 5. The second kappa shape index (κ2) is 5.21. The van der Waals surface area contributed by atoms with Crippen LogP contribution in [0.2, 0.25) is 0 Å². The number of nitrogens with one attached hydrogen (secondary N) is 1. The van der Waals surface area contributed by atoms with Gasteiger partial charge in [0.25, 0.3) is 0 Å². The standard InChI is InChI=1S/C14H23N3O2/c1-3-18-12-8-11(14(12)6-4-5-7-14)15-9-13-16-10(2)17-19-13/h11-12,15H,3-9H2,1-2H3. The lowest BCUT2D eigenvalue weighted by Gasteiger charge is -2.54. The zero-order valence-corrected chi connectivity index (χ0v) is 11.8. The van der Waals surface area contributed by atoms with Crippen molar-refractivity contribution in [1.82, 2.24) is 15.5 Å². The Bertz CT molecular complexity index is 426. The average Bonchev–Trinajstić information content (AvgIpc) is 3.03. The summed E-state index contributed by atoms with van der Waals surface area (Å²) in [6.45, 7) is 5.43. The molecule has 2 fully saturated rings. The van der Waals surface area contributed by atoms with E-state index in [2.05, 4.69) is 22.4 Å². The molecule has 2 unspecified atom stereocenters. The number of hydrogen-bond donors (Lipinski definition) is 1. The highest BCUT2D eigenvalue weighted by atomic mass is 16.5. The van der Waals surface area contributed by atoms with E-state index in [4.69, 9.17) is 9.26 Å². The highest BCUT2D eigenvalue weighted by molar-refractivity contribution is 5.10. The van der Waals surface area contributed by atoms with Gasteiger partial charge < -0.3 is 14.6 Å². The topological polar surface area (TPSA) is 60.2 Å². The Morgan fingerprint density at radius 2 is 2.21 bits per heavy atom. The van der Waals surface area contributed by atoms with Crippen LogP contribution in [0.25, 0.3) is 0 Å². The van der Waals surface area contributed by atoms with Gasteiger partial charge in [-0.3, -0.25) is 0 Å². The third-order valence-electron chi connectivity index (χ3n) is 4.76. The van der Waals surface area contributed by atoms with E-state index < -0.39 is 0 Å². The fraction of sp³-hybridized carbons (Fsp3) is 0.857. The van der Waals surface area contributed by atoms with E-state index in [0.717, 1.165) is 13.0 Å². The Balaban J connectivity index is 1.59. The molecule has 2 aliphatic rings. The summed E-state index contributed by atoms with van der Waals surface area (Å²) < 4.78 is 11.1. The number of aromatic nitrogens is 2. The molecule has 0 amide bonds. The summed E-state index contributed by atoms with van der Waals surface area (Å²) in [5.74, 6) is 1.39. The Morgan fingerprint density at radius 1 is 1.42 bits per heavy atom. The molecule has 19 heavy (non-hydrogen) atoms. The van der Waals surface area contributed by atoms with Crippen molar-refractivity contribution in [3.8, 4) is 0 Å². The van der Waals surface area contributed by atoms with Crippen LogP contribution in [0.1, 0.15) is 50.7 Å². The molecular formula is C14H23N3O2. The normalized spacial score (nSPS) is 28.7. The molecule has 0 aliphatic heterocycles. The molecule has 1 aromatic heterocycles. The van der Waals surface area contributed by atoms with Crippen LogP contribution in [0.15, 0.2) is 4.52 Å². The summed E-state index contributed by atoms with van der Waals surface area (Å²) in [4.78, 5) is 4.24. The van der Waals surface area contributed by atoms with Gasteiger partial charge in [-0.05, 0) is 33.1 Å². The van der Waals surface area contributed by atoms with Crippen molar-refractivity contribution < 1.29 is 9.26 Å². The number of rotatable bonds is 5. The number of ether oxygens (including phenoxy) is 1. The van der Waals surface area contributed by atoms with E-state index in [-0.39, 0.29) is 0 Å². The Kier molecular flexibility index (Phi) is 3.58. The molecule has 0 radical (unpaired) electrons. The van der Waals surface area contributed by atoms with Gasteiger partial charge in [0.15, 0.2) is 5.82 Å². The van der Waals surface area contributed by atoms with Gasteiger partial charge in [-0.1, -0.05) is 18.0 Å². The Labute approximate surface area is 114 Å². The van der Waals surface area contributed by atoms with Crippen LogP contribution in [0, 0.1) is 12.3 Å². The molecule has 1 N–H and O–H groups in total. The Hall–Kier alpha value is -0.940. The van der Waals surface area contributed by atoms with Crippen LogP contribution in [-0.2, 0) is 11.3 Å². The maximum absolute atomic E-state index is 5.91. The molecule has 1 spiro atoms. The number of nitrogens with zero attached hydrogens (tertiary/aromatic N) is 2. The van der Waals surface area contributed by atoms with Crippen molar-refractivity contribution in [1.29, 1.82) is 0 Å². The Morgan fingerprint density at radius 3 is 2.84 bits per heavy atom. The van der Waals surface area contributed by atoms with E-state index in [9.17, 15) is 0 Å². The summed E-state index contributed by atoms with van der Waals surface area (Å²) in [6, 6.07) is 0.541. The maximum Gasteiger partial charge on any atom is 0.240 e. The monoisotopic (exact) mass is 265 g/mol. The molecule has 1 heterocycles. The van der Waals surface area contributed by atoms with Crippen molar-refractivity contribution in [2.75, 3.05) is 6.61 Å². The quantitative estimate of drug-likeness (QED) is 0.884. The zero-order chi connectivity index (χ0) is 13.3. The van der Waals surface area contributed by atoms with Crippen LogP contribution in [-0.4, -0.2) is 28.9 Å². The second-order valence-electron chi connectivity index (χ2n) is 5.79. The van der Waals surface area contributed by atoms with Crippen LogP contribution in [0.3, 0.4) is 0 Å². The van der Waals surface area contributed by atoms with Gasteiger partial charge in [-0.25, -0.2) is 0 Å². The minimum Gasteiger partial charge on any atom is -0.378 e. The van der Waals surface area contributed by atoms with Crippen LogP contribution in [0.5, 0.6) is 0 Å². The van der Waals surface area contributed by atoms with Gasteiger partial charge in [0.2, 0.25) is 5.89 Å². The first-order chi connectivity index (χ1) is 9.24. The van der Waals surface area contributed by atoms with Gasteiger partial charge in [-0.15, -0.1) is 0 Å². The van der Waals surface area contributed by atoms with Gasteiger partial charge >= 0.3 is 0 Å². The van der Waals surface area contributed by atoms with E-state index >= 15 is 0 Å². The van der Waals surface area contributed by atoms with E-state index in [0.29, 0.717) is 35.8 Å². The fourth-order valence-electron chi connectivity index (χ4n) is 3.80. The van der Waals surface area contributed by atoms with Crippen LogP contribution in [0.4, 0.5) is 0 Å². The van der Waals surface area contributed by atoms with Crippen molar-refractivity contribution in [2.24, 2.45) is 5.41 Å². The lowest BCUT2D eigenvalue weighted by Crippen LogP contribution is -2.62. The molecule has 2 aliphatic carbocycles.